The van der Waals surface area contributed by atoms with Crippen molar-refractivity contribution < 1.29 is 20.3 Å². The Hall–Kier alpha value is -0.180. The Morgan fingerprint density at radius 2 is 2.10 bits per heavy atom. The molecule has 1 saturated carbocycles. The lowest BCUT2D eigenvalue weighted by Gasteiger charge is -2.38. The van der Waals surface area contributed by atoms with Crippen LogP contribution in [0.1, 0.15) is 32.6 Å². The number of thioether (sulfide) groups is 1. The minimum atomic E-state index is -0.870. The van der Waals surface area contributed by atoms with Crippen LogP contribution < -0.4 is 10.6 Å². The van der Waals surface area contributed by atoms with Gasteiger partial charge in [0.2, 0.25) is 0 Å². The number of amidine groups is 1. The molecule has 2 fully saturated rings. The highest BCUT2D eigenvalue weighted by molar-refractivity contribution is 8.14. The topological polar surface area (TPSA) is 90.7 Å². The lowest BCUT2D eigenvalue weighted by molar-refractivity contribution is -0.530. The third-order valence-electron chi connectivity index (χ3n) is 4.52. The van der Waals surface area contributed by atoms with Gasteiger partial charge >= 0.3 is 0 Å². The molecule has 2 heterocycles. The van der Waals surface area contributed by atoms with Gasteiger partial charge in [0.25, 0.3) is 5.17 Å². The highest BCUT2D eigenvalue weighted by Gasteiger charge is 2.49. The molecule has 0 radical (unpaired) electrons. The van der Waals surface area contributed by atoms with Gasteiger partial charge in [0.05, 0.1) is 6.54 Å². The number of aliphatic hydroxyl groups is 2. The van der Waals surface area contributed by atoms with E-state index in [1.165, 1.54) is 25.7 Å². The SMILES string of the molecule is CC[NH2+]C1=N[C@@H]2[C@@H](O)[C@H](O)[C@@H](CNC3CCCC3)O[C@@H]2S1. The fraction of sp³-hybridized carbons (Fsp3) is 0.929. The molecule has 1 aliphatic carbocycles. The van der Waals surface area contributed by atoms with Gasteiger partial charge in [-0.3, -0.25) is 5.32 Å². The minimum Gasteiger partial charge on any atom is -0.388 e. The maximum absolute atomic E-state index is 10.3. The average molecular weight is 316 g/mol. The van der Waals surface area contributed by atoms with Crippen LogP contribution in [0.4, 0.5) is 0 Å². The van der Waals surface area contributed by atoms with Crippen LogP contribution >= 0.6 is 11.8 Å². The second-order valence-corrected chi connectivity index (χ2v) is 7.22. The normalized spacial score (nSPS) is 40.3. The molecule has 1 saturated heterocycles. The second-order valence-electron chi connectivity index (χ2n) is 6.10. The summed E-state index contributed by atoms with van der Waals surface area (Å²) in [5.41, 5.74) is -0.170. The van der Waals surface area contributed by atoms with Crippen molar-refractivity contribution in [1.82, 2.24) is 5.32 Å². The Labute approximate surface area is 129 Å². The van der Waals surface area contributed by atoms with E-state index in [1.807, 2.05) is 5.32 Å². The smallest absolute Gasteiger partial charge is 0.258 e. The Bertz CT molecular complexity index is 390. The highest BCUT2D eigenvalue weighted by atomic mass is 32.2. The highest BCUT2D eigenvalue weighted by Crippen LogP contribution is 2.35. The first-order chi connectivity index (χ1) is 10.2. The van der Waals surface area contributed by atoms with Crippen LogP contribution in [-0.2, 0) is 4.74 Å². The van der Waals surface area contributed by atoms with Crippen molar-refractivity contribution in [3.63, 3.8) is 0 Å². The maximum atomic E-state index is 10.3. The van der Waals surface area contributed by atoms with Gasteiger partial charge in [-0.2, -0.15) is 0 Å². The van der Waals surface area contributed by atoms with Gasteiger partial charge in [-0.25, -0.2) is 4.99 Å². The zero-order valence-corrected chi connectivity index (χ0v) is 13.3. The molecule has 0 aromatic heterocycles. The number of fused-ring (bicyclic) bond motifs is 1. The molecule has 3 rings (SSSR count). The first-order valence-corrected chi connectivity index (χ1v) is 8.89. The van der Waals surface area contributed by atoms with Crippen LogP contribution in [0.5, 0.6) is 0 Å². The molecule has 21 heavy (non-hydrogen) atoms. The maximum Gasteiger partial charge on any atom is 0.258 e. The Morgan fingerprint density at radius 3 is 2.81 bits per heavy atom. The Morgan fingerprint density at radius 1 is 1.33 bits per heavy atom. The van der Waals surface area contributed by atoms with Gasteiger partial charge in [0.15, 0.2) is 0 Å². The summed E-state index contributed by atoms with van der Waals surface area (Å²) >= 11 is 1.56. The second kappa shape index (κ2) is 6.93. The third-order valence-corrected chi connectivity index (χ3v) is 5.66. The van der Waals surface area contributed by atoms with Crippen molar-refractivity contribution in [3.8, 4) is 0 Å². The molecule has 0 amide bonds. The summed E-state index contributed by atoms with van der Waals surface area (Å²) in [6.07, 6.45) is 2.89. The van der Waals surface area contributed by atoms with Crippen molar-refractivity contribution >= 4 is 16.9 Å². The van der Waals surface area contributed by atoms with E-state index in [0.29, 0.717) is 12.6 Å². The summed E-state index contributed by atoms with van der Waals surface area (Å²) in [5.74, 6) is 0. The summed E-state index contributed by atoms with van der Waals surface area (Å²) < 4.78 is 5.99. The molecule has 3 aliphatic rings. The van der Waals surface area contributed by atoms with Crippen molar-refractivity contribution in [2.24, 2.45) is 4.99 Å². The molecule has 0 unspecified atom stereocenters. The van der Waals surface area contributed by atoms with E-state index < -0.39 is 12.2 Å². The molecule has 0 bridgehead atoms. The number of aliphatic hydroxyl groups excluding tert-OH is 2. The summed E-state index contributed by atoms with van der Waals surface area (Å²) in [4.78, 5) is 4.47. The van der Waals surface area contributed by atoms with E-state index in [-0.39, 0.29) is 17.6 Å². The molecule has 0 aromatic carbocycles. The van der Waals surface area contributed by atoms with Crippen molar-refractivity contribution in [1.29, 1.82) is 0 Å². The standard InChI is InChI=1S/C14H25N3O3S/c1-2-15-14-17-10-12(19)11(18)9(20-13(10)21-14)7-16-8-5-3-4-6-8/h8-13,16,18-19H,2-7H2,1H3,(H,15,17)/p+1/t9-,10-,11-,12-,13-/m1/s1. The first-order valence-electron chi connectivity index (χ1n) is 8.01. The number of nitrogens with zero attached hydrogens (tertiary/aromatic N) is 1. The molecule has 0 spiro atoms. The molecule has 0 aromatic rings. The predicted octanol–water partition coefficient (Wildman–Crippen LogP) is -0.980. The number of hydrogen-bond acceptors (Lipinski definition) is 6. The summed E-state index contributed by atoms with van der Waals surface area (Å²) in [7, 11) is 0. The third kappa shape index (κ3) is 3.43. The first kappa shape index (κ1) is 15.7. The fourth-order valence-corrected chi connectivity index (χ4v) is 4.55. The van der Waals surface area contributed by atoms with Crippen LogP contribution in [0.3, 0.4) is 0 Å². The summed E-state index contributed by atoms with van der Waals surface area (Å²) in [5, 5.41) is 27.0. The largest absolute Gasteiger partial charge is 0.388 e. The molecular formula is C14H26N3O3S+. The van der Waals surface area contributed by atoms with Crippen LogP contribution in [0, 0.1) is 0 Å². The minimum absolute atomic E-state index is 0.170. The van der Waals surface area contributed by atoms with E-state index >= 15 is 0 Å². The number of aliphatic imine (C=N–C) groups is 1. The fourth-order valence-electron chi connectivity index (χ4n) is 3.30. The average Bonchev–Trinajstić information content (AvgIpc) is 3.11. The molecular weight excluding hydrogens is 290 g/mol. The Kier molecular flexibility index (Phi) is 5.19. The van der Waals surface area contributed by atoms with Crippen LogP contribution in [-0.4, -0.2) is 64.3 Å². The van der Waals surface area contributed by atoms with Gasteiger partial charge in [-0.05, 0) is 31.5 Å². The van der Waals surface area contributed by atoms with Gasteiger partial charge in [0, 0.05) is 12.6 Å². The number of nitrogens with one attached hydrogen (secondary N) is 1. The molecule has 120 valence electrons. The van der Waals surface area contributed by atoms with Crippen LogP contribution in [0.2, 0.25) is 0 Å². The number of nitrogens with two attached hydrogens (primary N) is 1. The zero-order chi connectivity index (χ0) is 14.8. The molecule has 7 heteroatoms. The van der Waals surface area contributed by atoms with E-state index in [1.54, 1.807) is 11.8 Å². The number of rotatable bonds is 4. The van der Waals surface area contributed by atoms with Gasteiger partial charge in [-0.1, -0.05) is 12.8 Å². The van der Waals surface area contributed by atoms with E-state index in [0.717, 1.165) is 11.7 Å². The van der Waals surface area contributed by atoms with Crippen LogP contribution in [0.25, 0.3) is 0 Å². The molecule has 5 atom stereocenters. The summed E-state index contributed by atoms with van der Waals surface area (Å²) in [6.45, 7) is 3.57. The number of ether oxygens (including phenoxy) is 1. The lowest BCUT2D eigenvalue weighted by atomic mass is 9.98. The van der Waals surface area contributed by atoms with Crippen molar-refractivity contribution in [2.45, 2.75) is 68.4 Å². The van der Waals surface area contributed by atoms with Crippen LogP contribution in [0.15, 0.2) is 4.99 Å². The van der Waals surface area contributed by atoms with Crippen molar-refractivity contribution in [3.05, 3.63) is 0 Å². The van der Waals surface area contributed by atoms with E-state index in [9.17, 15) is 10.2 Å². The number of hydrogen-bond donors (Lipinski definition) is 4. The zero-order valence-electron chi connectivity index (χ0n) is 12.4. The number of quaternary nitrogens is 1. The van der Waals surface area contributed by atoms with Crippen molar-refractivity contribution in [2.75, 3.05) is 13.1 Å². The van der Waals surface area contributed by atoms with Gasteiger partial charge in [0.1, 0.15) is 29.8 Å². The van der Waals surface area contributed by atoms with E-state index in [4.69, 9.17) is 4.74 Å². The predicted molar refractivity (Wildman–Crippen MR) is 82.2 cm³/mol. The molecule has 5 N–H and O–H groups in total. The summed E-state index contributed by atoms with van der Waals surface area (Å²) in [6, 6.07) is 0.192. The Balaban J connectivity index is 1.56. The van der Waals surface area contributed by atoms with Gasteiger partial charge < -0.3 is 20.3 Å². The molecule has 6 nitrogen and oxygen atoms in total. The monoisotopic (exact) mass is 316 g/mol. The molecule has 2 aliphatic heterocycles. The van der Waals surface area contributed by atoms with E-state index in [2.05, 4.69) is 17.2 Å². The lowest BCUT2D eigenvalue weighted by Crippen LogP contribution is -2.86. The van der Waals surface area contributed by atoms with Gasteiger partial charge in [-0.15, -0.1) is 0 Å². The quantitative estimate of drug-likeness (QED) is 0.535.